The molecule has 0 fully saturated rings. The molecule has 0 bridgehead atoms. The van der Waals surface area contributed by atoms with Crippen molar-refractivity contribution in [1.82, 2.24) is 14.5 Å². The highest BCUT2D eigenvalue weighted by Gasteiger charge is 2.17. The van der Waals surface area contributed by atoms with Crippen molar-refractivity contribution in [3.63, 3.8) is 0 Å². The van der Waals surface area contributed by atoms with Crippen LogP contribution in [0.25, 0.3) is 0 Å². The minimum atomic E-state index is -3.57. The summed E-state index contributed by atoms with van der Waals surface area (Å²) in [5.74, 6) is 0.651. The lowest BCUT2D eigenvalue weighted by atomic mass is 10.2. The lowest BCUT2D eigenvalue weighted by Crippen LogP contribution is -2.23. The molecule has 2 aromatic rings. The van der Waals surface area contributed by atoms with Gasteiger partial charge in [-0.15, -0.1) is 0 Å². The van der Waals surface area contributed by atoms with E-state index in [-0.39, 0.29) is 17.5 Å². The Morgan fingerprint density at radius 2 is 1.83 bits per heavy atom. The Bertz CT molecular complexity index is 778. The molecule has 0 unspecified atom stereocenters. The van der Waals surface area contributed by atoms with E-state index in [1.807, 2.05) is 34.7 Å². The lowest BCUT2D eigenvalue weighted by molar-refractivity contribution is 0.242. The molecule has 0 radical (unpaired) electrons. The van der Waals surface area contributed by atoms with E-state index in [4.69, 9.17) is 4.74 Å². The van der Waals surface area contributed by atoms with E-state index in [1.165, 1.54) is 0 Å². The Balaban J connectivity index is 2.12. The van der Waals surface area contributed by atoms with Gasteiger partial charge in [0.25, 0.3) is 0 Å². The lowest BCUT2D eigenvalue weighted by Gasteiger charge is -2.11. The molecule has 2 rings (SSSR count). The van der Waals surface area contributed by atoms with Crippen LogP contribution in [0.4, 0.5) is 0 Å². The topological polar surface area (TPSA) is 73.2 Å². The van der Waals surface area contributed by atoms with E-state index in [2.05, 4.69) is 9.82 Å². The highest BCUT2D eigenvalue weighted by molar-refractivity contribution is 7.89. The van der Waals surface area contributed by atoms with Gasteiger partial charge in [-0.3, -0.25) is 4.68 Å². The predicted molar refractivity (Wildman–Crippen MR) is 88.9 cm³/mol. The summed E-state index contributed by atoms with van der Waals surface area (Å²) in [5, 5.41) is 4.29. The average molecular weight is 337 g/mol. The standard InChI is InChI=1S/C16H23N3O3S/c1-11(2)22-14-6-8-15(9-7-14)23(20,21)17-10-16-12(3)18-19(5)13(16)4/h6-9,11,17H,10H2,1-5H3. The van der Waals surface area contributed by atoms with Gasteiger partial charge in [-0.2, -0.15) is 5.10 Å². The summed E-state index contributed by atoms with van der Waals surface area (Å²) in [6.45, 7) is 7.85. The number of aromatic nitrogens is 2. The van der Waals surface area contributed by atoms with E-state index >= 15 is 0 Å². The maximum absolute atomic E-state index is 12.4. The maximum atomic E-state index is 12.4. The largest absolute Gasteiger partial charge is 0.491 e. The zero-order valence-electron chi connectivity index (χ0n) is 14.1. The normalized spacial score (nSPS) is 11.9. The van der Waals surface area contributed by atoms with Crippen LogP contribution in [-0.2, 0) is 23.6 Å². The number of sulfonamides is 1. The van der Waals surface area contributed by atoms with Crippen molar-refractivity contribution in [3.8, 4) is 5.75 Å². The summed E-state index contributed by atoms with van der Waals surface area (Å²) in [7, 11) is -1.73. The number of rotatable bonds is 6. The van der Waals surface area contributed by atoms with E-state index in [0.29, 0.717) is 5.75 Å². The monoisotopic (exact) mass is 337 g/mol. The van der Waals surface area contributed by atoms with Gasteiger partial charge in [-0.05, 0) is 52.0 Å². The van der Waals surface area contributed by atoms with Gasteiger partial charge in [0.2, 0.25) is 10.0 Å². The molecule has 23 heavy (non-hydrogen) atoms. The van der Waals surface area contributed by atoms with Gasteiger partial charge in [0, 0.05) is 24.8 Å². The number of hydrogen-bond acceptors (Lipinski definition) is 4. The fraction of sp³-hybridized carbons (Fsp3) is 0.438. The molecule has 0 aliphatic carbocycles. The minimum absolute atomic E-state index is 0.0483. The molecule has 1 aromatic heterocycles. The number of benzene rings is 1. The summed E-state index contributed by atoms with van der Waals surface area (Å²) in [4.78, 5) is 0.216. The third-order valence-corrected chi connectivity index (χ3v) is 5.02. The van der Waals surface area contributed by atoms with Crippen LogP contribution in [0.15, 0.2) is 29.2 Å². The van der Waals surface area contributed by atoms with Crippen LogP contribution >= 0.6 is 0 Å². The second kappa shape index (κ2) is 6.72. The van der Waals surface area contributed by atoms with Crippen LogP contribution in [-0.4, -0.2) is 24.3 Å². The smallest absolute Gasteiger partial charge is 0.240 e. The Hall–Kier alpha value is -1.86. The third-order valence-electron chi connectivity index (χ3n) is 3.60. The third kappa shape index (κ3) is 4.11. The number of hydrogen-bond donors (Lipinski definition) is 1. The molecule has 6 nitrogen and oxygen atoms in total. The Labute approximate surface area is 137 Å². The summed E-state index contributed by atoms with van der Waals surface area (Å²) in [6.07, 6.45) is 0.0483. The first kappa shape index (κ1) is 17.5. The number of nitrogens with zero attached hydrogens (tertiary/aromatic N) is 2. The van der Waals surface area contributed by atoms with Gasteiger partial charge in [0.1, 0.15) is 5.75 Å². The second-order valence-corrected chi connectivity index (χ2v) is 7.50. The average Bonchev–Trinajstić information content (AvgIpc) is 2.70. The molecule has 1 aromatic carbocycles. The van der Waals surface area contributed by atoms with Gasteiger partial charge >= 0.3 is 0 Å². The highest BCUT2D eigenvalue weighted by Crippen LogP contribution is 2.18. The zero-order valence-corrected chi connectivity index (χ0v) is 14.9. The predicted octanol–water partition coefficient (Wildman–Crippen LogP) is 2.30. The van der Waals surface area contributed by atoms with Crippen LogP contribution in [0.5, 0.6) is 5.75 Å². The number of ether oxygens (including phenoxy) is 1. The van der Waals surface area contributed by atoms with E-state index in [1.54, 1.807) is 28.9 Å². The van der Waals surface area contributed by atoms with E-state index < -0.39 is 10.0 Å². The van der Waals surface area contributed by atoms with Gasteiger partial charge in [0.15, 0.2) is 0 Å². The molecule has 0 saturated heterocycles. The van der Waals surface area contributed by atoms with Gasteiger partial charge in [-0.1, -0.05) is 0 Å². The van der Waals surface area contributed by atoms with Crippen LogP contribution < -0.4 is 9.46 Å². The van der Waals surface area contributed by atoms with Crippen molar-refractivity contribution in [2.45, 2.75) is 45.2 Å². The van der Waals surface area contributed by atoms with Crippen molar-refractivity contribution >= 4 is 10.0 Å². The SMILES string of the molecule is Cc1nn(C)c(C)c1CNS(=O)(=O)c1ccc(OC(C)C)cc1. The van der Waals surface area contributed by atoms with E-state index in [9.17, 15) is 8.42 Å². The number of nitrogens with one attached hydrogen (secondary N) is 1. The number of aryl methyl sites for hydroxylation is 2. The molecule has 0 spiro atoms. The summed E-state index contributed by atoms with van der Waals surface area (Å²) in [6, 6.07) is 6.41. The van der Waals surface area contributed by atoms with Gasteiger partial charge < -0.3 is 4.74 Å². The fourth-order valence-electron chi connectivity index (χ4n) is 2.29. The van der Waals surface area contributed by atoms with Crippen molar-refractivity contribution in [2.24, 2.45) is 7.05 Å². The molecule has 7 heteroatoms. The van der Waals surface area contributed by atoms with E-state index in [0.717, 1.165) is 17.0 Å². The molecule has 0 amide bonds. The first-order valence-electron chi connectivity index (χ1n) is 7.46. The highest BCUT2D eigenvalue weighted by atomic mass is 32.2. The first-order chi connectivity index (χ1) is 10.7. The molecule has 0 aliphatic rings. The fourth-order valence-corrected chi connectivity index (χ4v) is 3.29. The Morgan fingerprint density at radius 1 is 1.22 bits per heavy atom. The minimum Gasteiger partial charge on any atom is -0.491 e. The molecule has 0 aliphatic heterocycles. The molecule has 1 N–H and O–H groups in total. The summed E-state index contributed by atoms with van der Waals surface area (Å²) in [5.41, 5.74) is 2.68. The van der Waals surface area contributed by atoms with Crippen LogP contribution in [0.3, 0.4) is 0 Å². The van der Waals surface area contributed by atoms with Crippen LogP contribution in [0.2, 0.25) is 0 Å². The van der Waals surface area contributed by atoms with Crippen LogP contribution in [0, 0.1) is 13.8 Å². The molecule has 1 heterocycles. The molecule has 126 valence electrons. The maximum Gasteiger partial charge on any atom is 0.240 e. The summed E-state index contributed by atoms with van der Waals surface area (Å²) < 4.78 is 34.7. The Kier molecular flexibility index (Phi) is 5.11. The van der Waals surface area contributed by atoms with Crippen molar-refractivity contribution in [3.05, 3.63) is 41.2 Å². The van der Waals surface area contributed by atoms with Crippen molar-refractivity contribution < 1.29 is 13.2 Å². The van der Waals surface area contributed by atoms with Crippen molar-refractivity contribution in [1.29, 1.82) is 0 Å². The van der Waals surface area contributed by atoms with Gasteiger partial charge in [0.05, 0.1) is 16.7 Å². The quantitative estimate of drug-likeness (QED) is 0.878. The second-order valence-electron chi connectivity index (χ2n) is 5.74. The van der Waals surface area contributed by atoms with Gasteiger partial charge in [-0.25, -0.2) is 13.1 Å². The zero-order chi connectivity index (χ0) is 17.2. The molecule has 0 atom stereocenters. The van der Waals surface area contributed by atoms with Crippen LogP contribution in [0.1, 0.15) is 30.8 Å². The summed E-state index contributed by atoms with van der Waals surface area (Å²) >= 11 is 0. The Morgan fingerprint density at radius 3 is 2.30 bits per heavy atom. The molecule has 0 saturated carbocycles. The molecular weight excluding hydrogens is 314 g/mol. The molecular formula is C16H23N3O3S. The first-order valence-corrected chi connectivity index (χ1v) is 8.94. The van der Waals surface area contributed by atoms with Crippen molar-refractivity contribution in [2.75, 3.05) is 0 Å².